The number of para-hydroxylation sites is 1. The Morgan fingerprint density at radius 3 is 2.51 bits per heavy atom. The third-order valence-corrected chi connectivity index (χ3v) is 5.90. The van der Waals surface area contributed by atoms with Gasteiger partial charge < -0.3 is 19.3 Å². The van der Waals surface area contributed by atoms with Crippen molar-refractivity contribution in [1.82, 2.24) is 4.98 Å². The Hall–Kier alpha value is -3.52. The van der Waals surface area contributed by atoms with Crippen LogP contribution < -0.4 is 9.47 Å². The van der Waals surface area contributed by atoms with Gasteiger partial charge in [-0.3, -0.25) is 9.78 Å². The van der Waals surface area contributed by atoms with Gasteiger partial charge in [-0.05, 0) is 55.7 Å². The summed E-state index contributed by atoms with van der Waals surface area (Å²) in [7, 11) is 1.43. The maximum atomic E-state index is 13.7. The lowest BCUT2D eigenvalue weighted by Gasteiger charge is -2.28. The first-order valence-electron chi connectivity index (χ1n) is 11.1. The minimum absolute atomic E-state index is 0.147. The molecule has 35 heavy (non-hydrogen) atoms. The normalized spacial score (nSPS) is 13.4. The van der Waals surface area contributed by atoms with Crippen LogP contribution in [0.4, 0.5) is 4.39 Å². The monoisotopic (exact) mass is 497 g/mol. The van der Waals surface area contributed by atoms with Gasteiger partial charge in [-0.25, -0.2) is 4.39 Å². The Kier molecular flexibility index (Phi) is 8.76. The number of nitrogens with zero attached hydrogens (tertiary/aromatic N) is 1. The van der Waals surface area contributed by atoms with Gasteiger partial charge in [-0.15, -0.1) is 0 Å². The zero-order chi connectivity index (χ0) is 25.5. The van der Waals surface area contributed by atoms with Crippen LogP contribution in [-0.2, 0) is 9.53 Å². The number of pyridine rings is 1. The number of methoxy groups -OCH3 is 1. The average Bonchev–Trinajstić information content (AvgIpc) is 2.83. The Morgan fingerprint density at radius 1 is 1.14 bits per heavy atom. The lowest BCUT2D eigenvalue weighted by molar-refractivity contribution is -0.157. The van der Waals surface area contributed by atoms with Crippen LogP contribution in [0.3, 0.4) is 0 Å². The molecule has 1 aromatic heterocycles. The van der Waals surface area contributed by atoms with Crippen molar-refractivity contribution >= 4 is 23.1 Å². The van der Waals surface area contributed by atoms with E-state index in [0.29, 0.717) is 21.7 Å². The summed E-state index contributed by atoms with van der Waals surface area (Å²) in [5, 5.41) is 10.3. The van der Waals surface area contributed by atoms with Gasteiger partial charge >= 0.3 is 5.97 Å². The zero-order valence-electron chi connectivity index (χ0n) is 20.0. The summed E-state index contributed by atoms with van der Waals surface area (Å²) in [6.07, 6.45) is 0.271. The van der Waals surface area contributed by atoms with Crippen LogP contribution in [0.15, 0.2) is 60.8 Å². The largest absolute Gasteiger partial charge is 0.503 e. The van der Waals surface area contributed by atoms with Crippen molar-refractivity contribution in [3.63, 3.8) is 0 Å². The molecule has 3 atom stereocenters. The summed E-state index contributed by atoms with van der Waals surface area (Å²) in [4.78, 5) is 17.4. The second-order valence-corrected chi connectivity index (χ2v) is 8.73. The van der Waals surface area contributed by atoms with Crippen LogP contribution in [0, 0.1) is 18.7 Å². The lowest BCUT2D eigenvalue weighted by Crippen LogP contribution is -2.30. The summed E-state index contributed by atoms with van der Waals surface area (Å²) in [6.45, 7) is 5.20. The molecule has 0 saturated heterocycles. The van der Waals surface area contributed by atoms with Crippen molar-refractivity contribution in [2.45, 2.75) is 39.4 Å². The molecule has 0 aliphatic heterocycles. The van der Waals surface area contributed by atoms with Gasteiger partial charge in [0.05, 0.1) is 13.0 Å². The molecule has 1 N–H and O–H groups in total. The zero-order valence-corrected chi connectivity index (χ0v) is 20.8. The Bertz CT molecular complexity index is 1190. The fourth-order valence-corrected chi connectivity index (χ4v) is 4.04. The first-order valence-corrected chi connectivity index (χ1v) is 11.6. The summed E-state index contributed by atoms with van der Waals surface area (Å²) < 4.78 is 30.8. The summed E-state index contributed by atoms with van der Waals surface area (Å²) in [5.41, 5.74) is 1.59. The number of aryl methyl sites for hydroxylation is 1. The average molecular weight is 498 g/mol. The Morgan fingerprint density at radius 2 is 1.86 bits per heavy atom. The van der Waals surface area contributed by atoms with Crippen LogP contribution in [0.2, 0.25) is 0 Å². The number of aromatic nitrogens is 1. The van der Waals surface area contributed by atoms with Gasteiger partial charge in [-0.2, -0.15) is 0 Å². The Balaban J connectivity index is 1.75. The molecule has 0 spiro atoms. The van der Waals surface area contributed by atoms with Crippen LogP contribution in [0.25, 0.3) is 0 Å². The van der Waals surface area contributed by atoms with E-state index in [4.69, 9.17) is 26.4 Å². The third kappa shape index (κ3) is 6.54. The molecule has 0 fully saturated rings. The van der Waals surface area contributed by atoms with Crippen LogP contribution >= 0.6 is 12.2 Å². The van der Waals surface area contributed by atoms with Gasteiger partial charge in [0.15, 0.2) is 17.6 Å². The predicted molar refractivity (Wildman–Crippen MR) is 134 cm³/mol. The Labute approximate surface area is 209 Å². The quantitative estimate of drug-likeness (QED) is 0.217. The molecule has 184 valence electrons. The first-order chi connectivity index (χ1) is 16.7. The molecule has 0 bridgehead atoms. The number of halogens is 1. The molecule has 8 heteroatoms. The van der Waals surface area contributed by atoms with Crippen LogP contribution in [0.5, 0.6) is 17.2 Å². The molecular formula is C27H28FNO5S. The summed E-state index contributed by atoms with van der Waals surface area (Å²) in [5.74, 6) is -0.773. The standard InChI is InChI=1S/C27H28FNO5S/c1-16-14-19(28)10-11-21(16)26(34-20-8-6-5-7-9-20)18(3)33-27(31)17(2)15-23(35)24-25(30)22(32-4)12-13-29-24/h5-14,17-18,26,30H,15H2,1-4H3/t17-,18+,26+/m1/s1. The maximum Gasteiger partial charge on any atom is 0.309 e. The van der Waals surface area contributed by atoms with Gasteiger partial charge in [0.25, 0.3) is 0 Å². The summed E-state index contributed by atoms with van der Waals surface area (Å²) in [6, 6.07) is 15.1. The van der Waals surface area contributed by atoms with E-state index < -0.39 is 24.1 Å². The molecule has 0 aliphatic rings. The molecule has 0 aliphatic carbocycles. The number of benzene rings is 2. The number of ether oxygens (including phenoxy) is 3. The number of thiocarbonyl (C=S) groups is 1. The smallest absolute Gasteiger partial charge is 0.309 e. The number of esters is 1. The molecule has 2 aromatic carbocycles. The lowest BCUT2D eigenvalue weighted by atomic mass is 9.99. The van der Waals surface area contributed by atoms with E-state index in [1.165, 1.54) is 31.5 Å². The van der Waals surface area contributed by atoms with Gasteiger partial charge in [0, 0.05) is 17.1 Å². The van der Waals surface area contributed by atoms with Crippen LogP contribution in [-0.4, -0.2) is 34.1 Å². The van der Waals surface area contributed by atoms with E-state index in [9.17, 15) is 14.3 Å². The number of carbonyl (C=O) groups is 1. The van der Waals surface area contributed by atoms with Gasteiger partial charge in [-0.1, -0.05) is 43.4 Å². The van der Waals surface area contributed by atoms with Crippen molar-refractivity contribution in [2.75, 3.05) is 7.11 Å². The minimum Gasteiger partial charge on any atom is -0.503 e. The topological polar surface area (TPSA) is 77.9 Å². The maximum absolute atomic E-state index is 13.7. The van der Waals surface area contributed by atoms with E-state index in [1.807, 2.05) is 18.2 Å². The van der Waals surface area contributed by atoms with E-state index in [0.717, 1.165) is 0 Å². The van der Waals surface area contributed by atoms with Gasteiger partial charge in [0.1, 0.15) is 23.4 Å². The highest BCUT2D eigenvalue weighted by molar-refractivity contribution is 7.80. The molecule has 1 heterocycles. The number of hydrogen-bond acceptors (Lipinski definition) is 7. The van der Waals surface area contributed by atoms with Crippen molar-refractivity contribution in [3.8, 4) is 17.2 Å². The van der Waals surface area contributed by atoms with Crippen molar-refractivity contribution in [3.05, 3.63) is 83.4 Å². The fraction of sp³-hybridized carbons (Fsp3) is 0.296. The third-order valence-electron chi connectivity index (χ3n) is 5.54. The highest BCUT2D eigenvalue weighted by Gasteiger charge is 2.29. The SMILES string of the molecule is COc1ccnc(C(=S)C[C@@H](C)C(=O)O[C@@H](C)[C@H](Oc2ccccc2)c2ccc(F)cc2C)c1O. The van der Waals surface area contributed by atoms with Crippen molar-refractivity contribution < 1.29 is 28.5 Å². The first kappa shape index (κ1) is 26.1. The number of rotatable bonds is 10. The van der Waals surface area contributed by atoms with Crippen LogP contribution in [0.1, 0.15) is 43.2 Å². The highest BCUT2D eigenvalue weighted by Crippen LogP contribution is 2.31. The number of carbonyl (C=O) groups excluding carboxylic acids is 1. The molecule has 0 saturated carbocycles. The van der Waals surface area contributed by atoms with Crippen molar-refractivity contribution in [1.29, 1.82) is 0 Å². The molecule has 3 rings (SSSR count). The molecule has 0 radical (unpaired) electrons. The fourth-order valence-electron chi connectivity index (χ4n) is 3.64. The van der Waals surface area contributed by atoms with E-state index >= 15 is 0 Å². The summed E-state index contributed by atoms with van der Waals surface area (Å²) >= 11 is 5.42. The van der Waals surface area contributed by atoms with E-state index in [2.05, 4.69) is 4.98 Å². The van der Waals surface area contributed by atoms with Crippen molar-refractivity contribution in [2.24, 2.45) is 5.92 Å². The second-order valence-electron chi connectivity index (χ2n) is 8.23. The molecule has 6 nitrogen and oxygen atoms in total. The molecular weight excluding hydrogens is 469 g/mol. The van der Waals surface area contributed by atoms with E-state index in [1.54, 1.807) is 39.0 Å². The number of aromatic hydroxyl groups is 1. The number of hydrogen-bond donors (Lipinski definition) is 1. The second kappa shape index (κ2) is 11.8. The predicted octanol–water partition coefficient (Wildman–Crippen LogP) is 5.74. The molecule has 0 amide bonds. The van der Waals surface area contributed by atoms with Gasteiger partial charge in [0.2, 0.25) is 0 Å². The molecule has 3 aromatic rings. The minimum atomic E-state index is -0.689. The molecule has 0 unspecified atom stereocenters. The van der Waals surface area contributed by atoms with E-state index in [-0.39, 0.29) is 29.4 Å². The highest BCUT2D eigenvalue weighted by atomic mass is 32.1.